The highest BCUT2D eigenvalue weighted by Crippen LogP contribution is 2.18. The summed E-state index contributed by atoms with van der Waals surface area (Å²) in [5, 5.41) is 10.2. The molecule has 102 valence electrons. The van der Waals surface area contributed by atoms with E-state index in [2.05, 4.69) is 25.5 Å². The van der Waals surface area contributed by atoms with Crippen LogP contribution in [0.4, 0.5) is 5.69 Å². The third-order valence-corrected chi connectivity index (χ3v) is 3.08. The van der Waals surface area contributed by atoms with Gasteiger partial charge in [-0.05, 0) is 31.2 Å². The zero-order chi connectivity index (χ0) is 14.1. The van der Waals surface area contributed by atoms with Crippen LogP contribution in [-0.2, 0) is 0 Å². The van der Waals surface area contributed by atoms with Crippen LogP contribution in [-0.4, -0.2) is 26.1 Å². The van der Waals surface area contributed by atoms with Crippen LogP contribution >= 0.6 is 0 Å². The van der Waals surface area contributed by atoms with Gasteiger partial charge in [0.15, 0.2) is 0 Å². The molecule has 0 radical (unpaired) electrons. The minimum absolute atomic E-state index is 0.205. The molecule has 1 amide bonds. The summed E-state index contributed by atoms with van der Waals surface area (Å²) in [4.78, 5) is 19.2. The number of rotatable bonds is 3. The van der Waals surface area contributed by atoms with Crippen LogP contribution in [0.15, 0.2) is 30.6 Å². The van der Waals surface area contributed by atoms with Crippen molar-refractivity contribution in [3.05, 3.63) is 42.1 Å². The standard InChI is InChI=1S/C13H14N6O/c1-7(12-15-6-16-19-12)17-13(20)11-5-8-4-9(14)2-3-10(8)18-11/h2-7,18H,14H2,1H3,(H,17,20)(H,15,16,19). The van der Waals surface area contributed by atoms with Gasteiger partial charge in [-0.1, -0.05) is 0 Å². The first kappa shape index (κ1) is 12.2. The van der Waals surface area contributed by atoms with E-state index in [1.165, 1.54) is 6.33 Å². The van der Waals surface area contributed by atoms with Crippen molar-refractivity contribution >= 4 is 22.5 Å². The predicted molar refractivity (Wildman–Crippen MR) is 75.0 cm³/mol. The lowest BCUT2D eigenvalue weighted by molar-refractivity contribution is 0.0934. The van der Waals surface area contributed by atoms with Gasteiger partial charge in [-0.15, -0.1) is 0 Å². The first-order valence-corrected chi connectivity index (χ1v) is 6.18. The molecular formula is C13H14N6O. The summed E-state index contributed by atoms with van der Waals surface area (Å²) in [6.45, 7) is 1.83. The van der Waals surface area contributed by atoms with Crippen molar-refractivity contribution in [2.75, 3.05) is 5.73 Å². The van der Waals surface area contributed by atoms with Crippen molar-refractivity contribution in [2.24, 2.45) is 0 Å². The molecule has 0 bridgehead atoms. The van der Waals surface area contributed by atoms with Crippen molar-refractivity contribution in [3.8, 4) is 0 Å². The number of nitrogens with two attached hydrogens (primary N) is 1. The molecule has 0 saturated carbocycles. The smallest absolute Gasteiger partial charge is 0.268 e. The van der Waals surface area contributed by atoms with Crippen molar-refractivity contribution in [3.63, 3.8) is 0 Å². The van der Waals surface area contributed by atoms with Crippen LogP contribution in [0.5, 0.6) is 0 Å². The summed E-state index contributed by atoms with van der Waals surface area (Å²) in [7, 11) is 0. The number of carbonyl (C=O) groups excluding carboxylic acids is 1. The molecule has 7 nitrogen and oxygen atoms in total. The molecule has 1 unspecified atom stereocenters. The molecule has 0 saturated heterocycles. The van der Waals surface area contributed by atoms with E-state index < -0.39 is 0 Å². The van der Waals surface area contributed by atoms with Crippen LogP contribution in [0.1, 0.15) is 29.3 Å². The summed E-state index contributed by atoms with van der Waals surface area (Å²) in [5.41, 5.74) is 7.74. The highest BCUT2D eigenvalue weighted by molar-refractivity contribution is 5.98. The molecule has 0 aliphatic rings. The van der Waals surface area contributed by atoms with Gasteiger partial charge in [-0.25, -0.2) is 4.98 Å². The number of amides is 1. The van der Waals surface area contributed by atoms with E-state index >= 15 is 0 Å². The van der Waals surface area contributed by atoms with Gasteiger partial charge in [0.1, 0.15) is 17.8 Å². The molecule has 3 rings (SSSR count). The second-order valence-electron chi connectivity index (χ2n) is 4.60. The van der Waals surface area contributed by atoms with E-state index in [0.29, 0.717) is 17.2 Å². The van der Waals surface area contributed by atoms with Crippen molar-refractivity contribution in [1.29, 1.82) is 0 Å². The summed E-state index contributed by atoms with van der Waals surface area (Å²) in [6.07, 6.45) is 1.41. The molecule has 3 aromatic rings. The maximum atomic E-state index is 12.2. The predicted octanol–water partition coefficient (Wildman–Crippen LogP) is 1.36. The van der Waals surface area contributed by atoms with E-state index in [9.17, 15) is 4.79 Å². The molecule has 0 spiro atoms. The van der Waals surface area contributed by atoms with Gasteiger partial charge >= 0.3 is 0 Å². The first-order valence-electron chi connectivity index (χ1n) is 6.18. The Labute approximate surface area is 114 Å². The molecule has 5 N–H and O–H groups in total. The lowest BCUT2D eigenvalue weighted by Gasteiger charge is -2.09. The lowest BCUT2D eigenvalue weighted by atomic mass is 10.2. The minimum atomic E-state index is -0.249. The van der Waals surface area contributed by atoms with Gasteiger partial charge in [0, 0.05) is 16.6 Å². The number of hydrogen-bond donors (Lipinski definition) is 4. The van der Waals surface area contributed by atoms with Gasteiger partial charge in [0.2, 0.25) is 0 Å². The number of hydrogen-bond acceptors (Lipinski definition) is 4. The largest absolute Gasteiger partial charge is 0.399 e. The molecule has 2 heterocycles. The Hall–Kier alpha value is -2.83. The third-order valence-electron chi connectivity index (χ3n) is 3.08. The van der Waals surface area contributed by atoms with Gasteiger partial charge in [-0.2, -0.15) is 5.10 Å². The Morgan fingerprint density at radius 2 is 2.25 bits per heavy atom. The van der Waals surface area contributed by atoms with Crippen molar-refractivity contribution < 1.29 is 4.79 Å². The Morgan fingerprint density at radius 1 is 1.40 bits per heavy atom. The fourth-order valence-corrected chi connectivity index (χ4v) is 2.04. The molecule has 1 aromatic carbocycles. The molecule has 0 fully saturated rings. The second kappa shape index (κ2) is 4.69. The number of aromatic amines is 2. The van der Waals surface area contributed by atoms with Crippen molar-refractivity contribution in [2.45, 2.75) is 13.0 Å². The zero-order valence-corrected chi connectivity index (χ0v) is 10.8. The number of carbonyl (C=O) groups is 1. The molecule has 7 heteroatoms. The average molecular weight is 270 g/mol. The number of nitrogens with one attached hydrogen (secondary N) is 3. The highest BCUT2D eigenvalue weighted by Gasteiger charge is 2.15. The highest BCUT2D eigenvalue weighted by atomic mass is 16.1. The fourth-order valence-electron chi connectivity index (χ4n) is 2.04. The normalized spacial score (nSPS) is 12.4. The number of fused-ring (bicyclic) bond motifs is 1. The Morgan fingerprint density at radius 3 is 3.00 bits per heavy atom. The van der Waals surface area contributed by atoms with Gasteiger partial charge in [0.25, 0.3) is 5.91 Å². The first-order chi connectivity index (χ1) is 9.63. The average Bonchev–Trinajstić information content (AvgIpc) is 3.07. The summed E-state index contributed by atoms with van der Waals surface area (Å²) in [6, 6.07) is 6.98. The Balaban J connectivity index is 1.82. The van der Waals surface area contributed by atoms with Crippen LogP contribution < -0.4 is 11.1 Å². The number of nitrogens with zero attached hydrogens (tertiary/aromatic N) is 2. The Kier molecular flexibility index (Phi) is 2.86. The fraction of sp³-hybridized carbons (Fsp3) is 0.154. The number of nitrogen functional groups attached to an aromatic ring is 1. The van der Waals surface area contributed by atoms with Gasteiger partial charge in [-0.3, -0.25) is 9.89 Å². The van der Waals surface area contributed by atoms with E-state index in [1.807, 2.05) is 19.1 Å². The van der Waals surface area contributed by atoms with E-state index in [4.69, 9.17) is 5.73 Å². The topological polar surface area (TPSA) is 112 Å². The zero-order valence-electron chi connectivity index (χ0n) is 10.8. The van der Waals surface area contributed by atoms with Crippen molar-refractivity contribution in [1.82, 2.24) is 25.5 Å². The van der Waals surface area contributed by atoms with Gasteiger partial charge < -0.3 is 16.0 Å². The minimum Gasteiger partial charge on any atom is -0.399 e. The van der Waals surface area contributed by atoms with Crippen LogP contribution in [0.2, 0.25) is 0 Å². The summed E-state index contributed by atoms with van der Waals surface area (Å²) >= 11 is 0. The van der Waals surface area contributed by atoms with Crippen LogP contribution in [0.25, 0.3) is 10.9 Å². The number of benzene rings is 1. The van der Waals surface area contributed by atoms with Gasteiger partial charge in [0.05, 0.1) is 6.04 Å². The van der Waals surface area contributed by atoms with Crippen LogP contribution in [0.3, 0.4) is 0 Å². The quantitative estimate of drug-likeness (QED) is 0.538. The molecule has 1 atom stereocenters. The summed E-state index contributed by atoms with van der Waals surface area (Å²) < 4.78 is 0. The van der Waals surface area contributed by atoms with Crippen LogP contribution in [0, 0.1) is 0 Å². The number of aromatic nitrogens is 4. The molecular weight excluding hydrogens is 256 g/mol. The molecule has 0 aliphatic heterocycles. The Bertz CT molecular complexity index is 745. The molecule has 0 aliphatic carbocycles. The molecule has 2 aromatic heterocycles. The monoisotopic (exact) mass is 270 g/mol. The summed E-state index contributed by atoms with van der Waals surface area (Å²) in [5.74, 6) is 0.405. The lowest BCUT2D eigenvalue weighted by Crippen LogP contribution is -2.27. The van der Waals surface area contributed by atoms with E-state index in [0.717, 1.165) is 10.9 Å². The maximum absolute atomic E-state index is 12.2. The SMILES string of the molecule is CC(NC(=O)c1cc2cc(N)ccc2[nH]1)c1ncn[nH]1. The van der Waals surface area contributed by atoms with E-state index in [1.54, 1.807) is 12.1 Å². The number of anilines is 1. The number of H-pyrrole nitrogens is 2. The van der Waals surface area contributed by atoms with E-state index in [-0.39, 0.29) is 11.9 Å². The second-order valence-corrected chi connectivity index (χ2v) is 4.60. The maximum Gasteiger partial charge on any atom is 0.268 e. The molecule has 20 heavy (non-hydrogen) atoms. The third kappa shape index (κ3) is 2.20.